The Kier molecular flexibility index (Phi) is 4.60. The molecule has 1 aliphatic rings. The summed E-state index contributed by atoms with van der Waals surface area (Å²) in [7, 11) is 0. The van der Waals surface area contributed by atoms with Crippen molar-refractivity contribution in [2.24, 2.45) is 11.3 Å². The van der Waals surface area contributed by atoms with Crippen LogP contribution in [0, 0.1) is 21.4 Å². The molecule has 0 N–H and O–H groups in total. The van der Waals surface area contributed by atoms with E-state index in [4.69, 9.17) is 9.40 Å². The van der Waals surface area contributed by atoms with Crippen LogP contribution in [-0.4, -0.2) is 34.3 Å². The van der Waals surface area contributed by atoms with Crippen molar-refractivity contribution < 1.29 is 9.34 Å². The zero-order valence-electron chi connectivity index (χ0n) is 19.1. The largest absolute Gasteiger partial charge is 0.456 e. The summed E-state index contributed by atoms with van der Waals surface area (Å²) < 4.78 is 9.13. The molecule has 10 nitrogen and oxygen atoms in total. The van der Waals surface area contributed by atoms with Gasteiger partial charge in [0.25, 0.3) is 0 Å². The van der Waals surface area contributed by atoms with Gasteiger partial charge >= 0.3 is 5.69 Å². The highest BCUT2D eigenvalue weighted by molar-refractivity contribution is 7.19. The van der Waals surface area contributed by atoms with Crippen LogP contribution in [0.3, 0.4) is 0 Å². The first-order valence-corrected chi connectivity index (χ1v) is 12.0. The van der Waals surface area contributed by atoms with Crippen LogP contribution < -0.4 is 0 Å². The molecule has 0 aromatic carbocycles. The van der Waals surface area contributed by atoms with E-state index in [1.807, 2.05) is 12.1 Å². The van der Waals surface area contributed by atoms with Gasteiger partial charge in [0.2, 0.25) is 5.82 Å². The second-order valence-corrected chi connectivity index (χ2v) is 10.9. The van der Waals surface area contributed by atoms with Gasteiger partial charge in [-0.25, -0.2) is 14.5 Å². The Hall–Kier alpha value is -3.60. The monoisotopic (exact) mass is 477 g/mol. The predicted molar refractivity (Wildman–Crippen MR) is 127 cm³/mol. The summed E-state index contributed by atoms with van der Waals surface area (Å²) in [6.07, 6.45) is 7.58. The lowest BCUT2D eigenvalue weighted by Crippen LogP contribution is -2.26. The number of furan rings is 1. The molecule has 174 valence electrons. The van der Waals surface area contributed by atoms with Crippen LogP contribution >= 0.6 is 11.3 Å². The number of rotatable bonds is 4. The molecule has 0 saturated carbocycles. The van der Waals surface area contributed by atoms with E-state index >= 15 is 0 Å². The van der Waals surface area contributed by atoms with Gasteiger partial charge in [-0.2, -0.15) is 5.10 Å². The van der Waals surface area contributed by atoms with Gasteiger partial charge in [0, 0.05) is 4.88 Å². The van der Waals surface area contributed by atoms with E-state index in [0.717, 1.165) is 35.1 Å². The molecule has 0 aliphatic heterocycles. The van der Waals surface area contributed by atoms with E-state index in [1.54, 1.807) is 22.2 Å². The minimum atomic E-state index is -0.473. The summed E-state index contributed by atoms with van der Waals surface area (Å²) in [6, 6.07) is 3.62. The standard InChI is InChI=1S/C23H23N7O3S/c1-23(2,3)13-4-6-16-18(8-13)34-22-19(16)21-26-20(27-29(21)12-24-22)17-7-5-15(33-17)11-28-10-14(9-25-28)30(31)32/h5,7,9-10,12-13H,4,6,8,11H2,1-3H3. The first-order valence-electron chi connectivity index (χ1n) is 11.2. The number of aromatic nitrogens is 6. The van der Waals surface area contributed by atoms with Gasteiger partial charge in [0.05, 0.1) is 16.9 Å². The van der Waals surface area contributed by atoms with Crippen molar-refractivity contribution in [3.05, 3.63) is 57.2 Å². The zero-order chi connectivity index (χ0) is 23.6. The first kappa shape index (κ1) is 21.0. The summed E-state index contributed by atoms with van der Waals surface area (Å²) >= 11 is 1.78. The van der Waals surface area contributed by atoms with Crippen molar-refractivity contribution in [3.63, 3.8) is 0 Å². The van der Waals surface area contributed by atoms with Crippen LogP contribution in [0.4, 0.5) is 5.69 Å². The van der Waals surface area contributed by atoms with Gasteiger partial charge in [-0.1, -0.05) is 20.8 Å². The molecule has 1 aliphatic carbocycles. The van der Waals surface area contributed by atoms with Gasteiger partial charge in [0.15, 0.2) is 11.4 Å². The third-order valence-corrected chi connectivity index (χ3v) is 7.80. The summed E-state index contributed by atoms with van der Waals surface area (Å²) in [4.78, 5) is 22.3. The van der Waals surface area contributed by atoms with E-state index in [9.17, 15) is 10.1 Å². The molecule has 1 atom stereocenters. The lowest BCUT2D eigenvalue weighted by Gasteiger charge is -2.33. The molecule has 5 aromatic heterocycles. The van der Waals surface area contributed by atoms with Gasteiger partial charge in [0.1, 0.15) is 29.3 Å². The van der Waals surface area contributed by atoms with Crippen LogP contribution in [-0.2, 0) is 19.4 Å². The second kappa shape index (κ2) is 7.45. The molecule has 11 heteroatoms. The predicted octanol–water partition coefficient (Wildman–Crippen LogP) is 4.90. The maximum atomic E-state index is 10.9. The lowest BCUT2D eigenvalue weighted by molar-refractivity contribution is -0.385. The van der Waals surface area contributed by atoms with Crippen LogP contribution in [0.15, 0.2) is 35.3 Å². The fraction of sp³-hybridized carbons (Fsp3) is 0.391. The number of nitrogens with zero attached hydrogens (tertiary/aromatic N) is 7. The molecule has 0 saturated heterocycles. The maximum Gasteiger partial charge on any atom is 0.307 e. The van der Waals surface area contributed by atoms with Crippen LogP contribution in [0.1, 0.15) is 43.4 Å². The number of hydrogen-bond acceptors (Lipinski definition) is 8. The molecule has 0 amide bonds. The molecule has 5 aromatic rings. The number of hydrogen-bond donors (Lipinski definition) is 0. The van der Waals surface area contributed by atoms with Gasteiger partial charge in [-0.15, -0.1) is 16.4 Å². The smallest absolute Gasteiger partial charge is 0.307 e. The number of aryl methyl sites for hydroxylation is 1. The molecule has 1 unspecified atom stereocenters. The van der Waals surface area contributed by atoms with E-state index in [1.165, 1.54) is 27.5 Å². The zero-order valence-corrected chi connectivity index (χ0v) is 19.9. The first-order chi connectivity index (χ1) is 16.3. The highest BCUT2D eigenvalue weighted by atomic mass is 32.1. The molecule has 0 fully saturated rings. The van der Waals surface area contributed by atoms with Crippen molar-refractivity contribution in [1.82, 2.24) is 29.4 Å². The molecule has 0 bridgehead atoms. The Balaban J connectivity index is 1.33. The number of nitro groups is 1. The number of thiophene rings is 1. The van der Waals surface area contributed by atoms with Crippen molar-refractivity contribution in [2.75, 3.05) is 0 Å². The highest BCUT2D eigenvalue weighted by Crippen LogP contribution is 2.43. The normalized spacial score (nSPS) is 16.4. The third-order valence-electron chi connectivity index (χ3n) is 6.64. The molecule has 34 heavy (non-hydrogen) atoms. The van der Waals surface area contributed by atoms with Crippen LogP contribution in [0.2, 0.25) is 0 Å². The fourth-order valence-electron chi connectivity index (χ4n) is 4.69. The Morgan fingerprint density at radius 3 is 2.94 bits per heavy atom. The van der Waals surface area contributed by atoms with Crippen molar-refractivity contribution in [1.29, 1.82) is 0 Å². The minimum absolute atomic E-state index is 0.0572. The van der Waals surface area contributed by atoms with E-state index in [-0.39, 0.29) is 17.6 Å². The Bertz CT molecular complexity index is 1550. The Morgan fingerprint density at radius 1 is 1.32 bits per heavy atom. The topological polar surface area (TPSA) is 117 Å². The maximum absolute atomic E-state index is 10.9. The minimum Gasteiger partial charge on any atom is -0.456 e. The Labute approximate surface area is 198 Å². The van der Waals surface area contributed by atoms with Crippen molar-refractivity contribution in [2.45, 2.75) is 46.6 Å². The molecular weight excluding hydrogens is 454 g/mol. The highest BCUT2D eigenvalue weighted by Gasteiger charge is 2.32. The van der Waals surface area contributed by atoms with Crippen LogP contribution in [0.25, 0.3) is 27.4 Å². The average molecular weight is 478 g/mol. The number of fused-ring (bicyclic) bond motifs is 5. The van der Waals surface area contributed by atoms with Crippen LogP contribution in [0.5, 0.6) is 0 Å². The van der Waals surface area contributed by atoms with Crippen molar-refractivity contribution in [3.8, 4) is 11.6 Å². The van der Waals surface area contributed by atoms with Crippen molar-refractivity contribution >= 4 is 32.9 Å². The second-order valence-electron chi connectivity index (χ2n) is 9.86. The average Bonchev–Trinajstić information content (AvgIpc) is 3.56. The quantitative estimate of drug-likeness (QED) is 0.267. The molecular formula is C23H23N7O3S. The van der Waals surface area contributed by atoms with E-state index in [2.05, 4.69) is 36.0 Å². The van der Waals surface area contributed by atoms with Gasteiger partial charge in [-0.05, 0) is 48.3 Å². The van der Waals surface area contributed by atoms with Gasteiger partial charge in [-0.3, -0.25) is 14.8 Å². The summed E-state index contributed by atoms with van der Waals surface area (Å²) in [6.45, 7) is 7.24. The molecule has 5 heterocycles. The summed E-state index contributed by atoms with van der Waals surface area (Å²) in [5.74, 6) is 2.28. The van der Waals surface area contributed by atoms with Gasteiger partial charge < -0.3 is 4.42 Å². The molecule has 0 spiro atoms. The molecule has 0 radical (unpaired) electrons. The third kappa shape index (κ3) is 3.47. The SMILES string of the molecule is CC(C)(C)C1CCc2c(sc3ncn4nc(-c5ccc(Cn6cc([N+](=O)[O-])cn6)o5)nc4c23)C1. The van der Waals surface area contributed by atoms with E-state index in [0.29, 0.717) is 23.3 Å². The van der Waals surface area contributed by atoms with E-state index < -0.39 is 4.92 Å². The lowest BCUT2D eigenvalue weighted by atomic mass is 9.72. The Morgan fingerprint density at radius 2 is 2.18 bits per heavy atom. The summed E-state index contributed by atoms with van der Waals surface area (Å²) in [5.41, 5.74) is 2.39. The molecule has 6 rings (SSSR count). The fourth-order valence-corrected chi connectivity index (χ4v) is 5.96. The summed E-state index contributed by atoms with van der Waals surface area (Å²) in [5, 5.41) is 20.6.